The van der Waals surface area contributed by atoms with Crippen LogP contribution in [0.15, 0.2) is 18.2 Å². The zero-order valence-electron chi connectivity index (χ0n) is 11.1. The summed E-state index contributed by atoms with van der Waals surface area (Å²) in [5, 5.41) is 17.3. The van der Waals surface area contributed by atoms with E-state index in [-0.39, 0.29) is 12.5 Å². The average Bonchev–Trinajstić information content (AvgIpc) is 2.41. The highest BCUT2D eigenvalue weighted by molar-refractivity contribution is 5.96. The highest BCUT2D eigenvalue weighted by Gasteiger charge is 2.14. The van der Waals surface area contributed by atoms with E-state index in [9.17, 15) is 4.79 Å². The molecule has 1 aromatic carbocycles. The van der Waals surface area contributed by atoms with E-state index in [1.165, 1.54) is 4.90 Å². The molecule has 0 aromatic heterocycles. The summed E-state index contributed by atoms with van der Waals surface area (Å²) in [4.78, 5) is 13.7. The molecule has 4 nitrogen and oxygen atoms in total. The molecule has 1 N–H and O–H groups in total. The number of hydrogen-bond acceptors (Lipinski definition) is 3. The maximum Gasteiger partial charge on any atom is 0.254 e. The first kappa shape index (κ1) is 14.8. The van der Waals surface area contributed by atoms with Crippen molar-refractivity contribution in [1.82, 2.24) is 4.90 Å². The molecular formula is C15H16N2O2. The zero-order chi connectivity index (χ0) is 14.3. The molecule has 0 aliphatic rings. The molecular weight excluding hydrogens is 240 g/mol. The van der Waals surface area contributed by atoms with Crippen molar-refractivity contribution < 1.29 is 9.90 Å². The van der Waals surface area contributed by atoms with Gasteiger partial charge in [0.05, 0.1) is 18.1 Å². The number of aliphatic hydroxyl groups excluding tert-OH is 1. The van der Waals surface area contributed by atoms with E-state index >= 15 is 0 Å². The average molecular weight is 256 g/mol. The topological polar surface area (TPSA) is 64.3 Å². The van der Waals surface area contributed by atoms with E-state index in [0.29, 0.717) is 24.1 Å². The maximum absolute atomic E-state index is 12.2. The Morgan fingerprint density at radius 2 is 2.21 bits per heavy atom. The van der Waals surface area contributed by atoms with E-state index in [4.69, 9.17) is 10.4 Å². The van der Waals surface area contributed by atoms with Crippen LogP contribution in [0.3, 0.4) is 0 Å². The van der Waals surface area contributed by atoms with Crippen LogP contribution in [0.2, 0.25) is 0 Å². The highest BCUT2D eigenvalue weighted by atomic mass is 16.2. The van der Waals surface area contributed by atoms with Gasteiger partial charge in [0.1, 0.15) is 6.61 Å². The van der Waals surface area contributed by atoms with Gasteiger partial charge in [-0.3, -0.25) is 4.79 Å². The van der Waals surface area contributed by atoms with Crippen LogP contribution in [0.1, 0.15) is 27.9 Å². The van der Waals surface area contributed by atoms with Crippen molar-refractivity contribution in [3.63, 3.8) is 0 Å². The lowest BCUT2D eigenvalue weighted by atomic mass is 10.0. The Labute approximate surface area is 113 Å². The fourth-order valence-electron chi connectivity index (χ4n) is 1.61. The van der Waals surface area contributed by atoms with Crippen molar-refractivity contribution in [3.05, 3.63) is 34.9 Å². The second kappa shape index (κ2) is 7.20. The van der Waals surface area contributed by atoms with Gasteiger partial charge in [0, 0.05) is 19.2 Å². The van der Waals surface area contributed by atoms with Gasteiger partial charge in [-0.05, 0) is 24.6 Å². The van der Waals surface area contributed by atoms with Crippen LogP contribution in [-0.4, -0.2) is 36.1 Å². The van der Waals surface area contributed by atoms with Gasteiger partial charge in [0.25, 0.3) is 5.91 Å². The van der Waals surface area contributed by atoms with E-state index in [1.54, 1.807) is 13.1 Å². The van der Waals surface area contributed by atoms with Crippen LogP contribution in [-0.2, 0) is 0 Å². The molecule has 0 heterocycles. The number of rotatable bonds is 3. The molecule has 98 valence electrons. The quantitative estimate of drug-likeness (QED) is 0.830. The first-order valence-corrected chi connectivity index (χ1v) is 5.93. The third-order valence-corrected chi connectivity index (χ3v) is 2.61. The van der Waals surface area contributed by atoms with E-state index in [0.717, 1.165) is 5.56 Å². The Morgan fingerprint density at radius 3 is 2.84 bits per heavy atom. The molecule has 0 atom stereocenters. The largest absolute Gasteiger partial charge is 0.384 e. The predicted octanol–water partition coefficient (Wildman–Crippen LogP) is 1.32. The lowest BCUT2D eigenvalue weighted by Gasteiger charge is -2.16. The van der Waals surface area contributed by atoms with Crippen LogP contribution in [0.4, 0.5) is 0 Å². The number of carbonyl (C=O) groups excluding carboxylic acids is 1. The zero-order valence-corrected chi connectivity index (χ0v) is 11.1. The van der Waals surface area contributed by atoms with Crippen LogP contribution in [0.5, 0.6) is 0 Å². The molecule has 0 bridgehead atoms. The number of nitriles is 1. The van der Waals surface area contributed by atoms with Crippen molar-refractivity contribution in [2.75, 3.05) is 20.2 Å². The second-order valence-corrected chi connectivity index (χ2v) is 4.14. The molecule has 1 rings (SSSR count). The Kier molecular flexibility index (Phi) is 5.60. The summed E-state index contributed by atoms with van der Waals surface area (Å²) in [6, 6.07) is 7.39. The summed E-state index contributed by atoms with van der Waals surface area (Å²) in [5.74, 6) is 5.17. The van der Waals surface area contributed by atoms with Crippen molar-refractivity contribution in [2.45, 2.75) is 13.3 Å². The van der Waals surface area contributed by atoms with E-state index < -0.39 is 0 Å². The van der Waals surface area contributed by atoms with Crippen LogP contribution < -0.4 is 0 Å². The number of nitrogens with zero attached hydrogens (tertiary/aromatic N) is 2. The van der Waals surface area contributed by atoms with Crippen LogP contribution in [0.25, 0.3) is 0 Å². The molecule has 0 spiro atoms. The standard InChI is InChI=1S/C15H16N2O2/c1-12-6-7-14(13(11-12)5-3-10-18)15(19)17(2)9-4-8-16/h6-7,11,18H,4,9-10H2,1-2H3. The number of aliphatic hydroxyl groups is 1. The number of amides is 1. The van der Waals surface area contributed by atoms with Crippen molar-refractivity contribution >= 4 is 5.91 Å². The van der Waals surface area contributed by atoms with E-state index in [1.807, 2.05) is 25.1 Å². The molecule has 4 heteroatoms. The van der Waals surface area contributed by atoms with Crippen molar-refractivity contribution in [3.8, 4) is 17.9 Å². The van der Waals surface area contributed by atoms with Gasteiger partial charge in [0.15, 0.2) is 0 Å². The fraction of sp³-hybridized carbons (Fsp3) is 0.333. The molecule has 0 fully saturated rings. The SMILES string of the molecule is Cc1ccc(C(=O)N(C)CCC#N)c(C#CCO)c1. The Bertz CT molecular complexity index is 562. The summed E-state index contributed by atoms with van der Waals surface area (Å²) in [6.07, 6.45) is 0.297. The van der Waals surface area contributed by atoms with Crippen LogP contribution >= 0.6 is 0 Å². The molecule has 1 amide bonds. The second-order valence-electron chi connectivity index (χ2n) is 4.14. The number of carbonyl (C=O) groups is 1. The molecule has 0 radical (unpaired) electrons. The molecule has 0 aliphatic carbocycles. The first-order chi connectivity index (χ1) is 9.10. The first-order valence-electron chi connectivity index (χ1n) is 5.93. The van der Waals surface area contributed by atoms with Gasteiger partial charge in [-0.25, -0.2) is 0 Å². The minimum absolute atomic E-state index is 0.169. The summed E-state index contributed by atoms with van der Waals surface area (Å²) >= 11 is 0. The Balaban J connectivity index is 3.05. The lowest BCUT2D eigenvalue weighted by Crippen LogP contribution is -2.28. The fourth-order valence-corrected chi connectivity index (χ4v) is 1.61. The Morgan fingerprint density at radius 1 is 1.47 bits per heavy atom. The van der Waals surface area contributed by atoms with Gasteiger partial charge < -0.3 is 10.0 Å². The van der Waals surface area contributed by atoms with Crippen molar-refractivity contribution in [2.24, 2.45) is 0 Å². The van der Waals surface area contributed by atoms with Gasteiger partial charge in [-0.15, -0.1) is 0 Å². The molecule has 1 aromatic rings. The van der Waals surface area contributed by atoms with Gasteiger partial charge >= 0.3 is 0 Å². The maximum atomic E-state index is 12.2. The Hall–Kier alpha value is -2.30. The molecule has 0 saturated heterocycles. The van der Waals surface area contributed by atoms with Gasteiger partial charge in [-0.2, -0.15) is 5.26 Å². The minimum Gasteiger partial charge on any atom is -0.384 e. The summed E-state index contributed by atoms with van der Waals surface area (Å²) in [7, 11) is 1.66. The summed E-state index contributed by atoms with van der Waals surface area (Å²) in [5.41, 5.74) is 2.09. The number of hydrogen-bond donors (Lipinski definition) is 1. The molecule has 0 aliphatic heterocycles. The monoisotopic (exact) mass is 256 g/mol. The number of benzene rings is 1. The third-order valence-electron chi connectivity index (χ3n) is 2.61. The van der Waals surface area contributed by atoms with Gasteiger partial charge in [0.2, 0.25) is 0 Å². The van der Waals surface area contributed by atoms with Crippen molar-refractivity contribution in [1.29, 1.82) is 5.26 Å². The highest BCUT2D eigenvalue weighted by Crippen LogP contribution is 2.13. The molecule has 0 unspecified atom stereocenters. The minimum atomic E-state index is -0.244. The van der Waals surface area contributed by atoms with E-state index in [2.05, 4.69) is 11.8 Å². The predicted molar refractivity (Wildman–Crippen MR) is 72.3 cm³/mol. The number of aryl methyl sites for hydroxylation is 1. The summed E-state index contributed by atoms with van der Waals surface area (Å²) < 4.78 is 0. The summed E-state index contributed by atoms with van der Waals surface area (Å²) in [6.45, 7) is 2.06. The van der Waals surface area contributed by atoms with Crippen LogP contribution in [0, 0.1) is 30.1 Å². The van der Waals surface area contributed by atoms with Gasteiger partial charge in [-0.1, -0.05) is 17.9 Å². The lowest BCUT2D eigenvalue weighted by molar-refractivity contribution is 0.0797. The molecule has 0 saturated carbocycles. The third kappa shape index (κ3) is 4.13. The smallest absolute Gasteiger partial charge is 0.254 e. The molecule has 19 heavy (non-hydrogen) atoms. The normalized spacial score (nSPS) is 9.16.